The van der Waals surface area contributed by atoms with Crippen LogP contribution >= 0.6 is 0 Å². The van der Waals surface area contributed by atoms with Gasteiger partial charge in [-0.3, -0.25) is 4.79 Å². The molecule has 0 fully saturated rings. The summed E-state index contributed by atoms with van der Waals surface area (Å²) in [5.74, 6) is 5.55. The second kappa shape index (κ2) is 5.73. The molecule has 4 rings (SSSR count). The number of imidazole rings is 1. The van der Waals surface area contributed by atoms with Gasteiger partial charge in [0.25, 0.3) is 0 Å². The lowest BCUT2D eigenvalue weighted by molar-refractivity contribution is -0.435. The molecule has 25 heavy (non-hydrogen) atoms. The van der Waals surface area contributed by atoms with Gasteiger partial charge in [-0.05, 0) is 35.4 Å². The van der Waals surface area contributed by atoms with E-state index in [1.54, 1.807) is 42.5 Å². The molecule has 9 nitrogen and oxygen atoms in total. The first-order chi connectivity index (χ1) is 12.2. The van der Waals surface area contributed by atoms with Crippen LogP contribution in [0.2, 0.25) is 0 Å². The van der Waals surface area contributed by atoms with Gasteiger partial charge in [0.2, 0.25) is 5.75 Å². The minimum Gasteiger partial charge on any atom is -0.403 e. The number of nitrogens with two attached hydrogens (primary N) is 1. The number of aromatic nitrogens is 3. The van der Waals surface area contributed by atoms with Gasteiger partial charge in [0.15, 0.2) is 0 Å². The topological polar surface area (TPSA) is 143 Å². The number of benzene rings is 2. The van der Waals surface area contributed by atoms with Crippen LogP contribution in [-0.2, 0) is 0 Å². The summed E-state index contributed by atoms with van der Waals surface area (Å²) >= 11 is 0. The van der Waals surface area contributed by atoms with Crippen molar-refractivity contribution in [1.29, 1.82) is 0 Å². The lowest BCUT2D eigenvalue weighted by Crippen LogP contribution is -2.61. The molecule has 0 bridgehead atoms. The van der Waals surface area contributed by atoms with Crippen LogP contribution in [-0.4, -0.2) is 15.0 Å². The number of azo groups is 1. The predicted molar refractivity (Wildman–Crippen MR) is 91.0 cm³/mol. The standard InChI is InChI=1S/C16H12N6O3/c17-25-14-9-3-1-2-4-10(9)18-15(23)13(14)22-21-8-5-6-11-12(7-8)20-16(24)19-11/h1-7H,17H2,(H,18,23)(H2,19,20,24)/p+1. The number of aromatic amines is 3. The van der Waals surface area contributed by atoms with Gasteiger partial charge in [0.05, 0.1) is 21.9 Å². The van der Waals surface area contributed by atoms with Crippen molar-refractivity contribution >= 4 is 33.3 Å². The normalized spacial score (nSPS) is 11.6. The van der Waals surface area contributed by atoms with Crippen LogP contribution in [0.1, 0.15) is 0 Å². The summed E-state index contributed by atoms with van der Waals surface area (Å²) < 4.78 is 0. The maximum Gasteiger partial charge on any atom is 0.339 e. The number of hydrogen-bond donors (Lipinski definition) is 5. The zero-order valence-corrected chi connectivity index (χ0v) is 12.8. The van der Waals surface area contributed by atoms with E-state index in [-0.39, 0.29) is 17.1 Å². The molecule has 0 aliphatic heterocycles. The first-order valence-corrected chi connectivity index (χ1v) is 7.36. The van der Waals surface area contributed by atoms with Crippen molar-refractivity contribution in [2.45, 2.75) is 0 Å². The van der Waals surface area contributed by atoms with Crippen molar-refractivity contribution in [2.75, 3.05) is 0 Å². The molecule has 0 unspecified atom stereocenters. The Bertz CT molecular complexity index is 1230. The zero-order valence-electron chi connectivity index (χ0n) is 12.8. The molecule has 0 aliphatic carbocycles. The van der Waals surface area contributed by atoms with Gasteiger partial charge in [0.1, 0.15) is 5.69 Å². The largest absolute Gasteiger partial charge is 0.403 e. The summed E-state index contributed by atoms with van der Waals surface area (Å²) in [6.45, 7) is 0. The van der Waals surface area contributed by atoms with E-state index in [1.165, 1.54) is 0 Å². The fourth-order valence-corrected chi connectivity index (χ4v) is 2.65. The van der Waals surface area contributed by atoms with E-state index >= 15 is 0 Å². The Morgan fingerprint density at radius 2 is 1.76 bits per heavy atom. The molecule has 2 heterocycles. The highest BCUT2D eigenvalue weighted by Gasteiger charge is 2.19. The van der Waals surface area contributed by atoms with E-state index in [2.05, 4.69) is 25.2 Å². The molecule has 0 aliphatic rings. The minimum atomic E-state index is -0.418. The number of nitrogens with one attached hydrogen (secondary N) is 4. The first-order valence-electron chi connectivity index (χ1n) is 7.36. The Morgan fingerprint density at radius 1 is 0.960 bits per heavy atom. The van der Waals surface area contributed by atoms with Gasteiger partial charge in [-0.25, -0.2) is 4.79 Å². The number of para-hydroxylation sites is 1. The van der Waals surface area contributed by atoms with Crippen LogP contribution < -0.4 is 27.1 Å². The maximum absolute atomic E-state index is 12.3. The van der Waals surface area contributed by atoms with Crippen molar-refractivity contribution in [3.63, 3.8) is 0 Å². The fraction of sp³-hybridized carbons (Fsp3) is 0. The molecule has 0 saturated heterocycles. The molecule has 2 aromatic heterocycles. The average molecular weight is 337 g/mol. The molecule has 0 atom stereocenters. The highest BCUT2D eigenvalue weighted by atomic mass is 16.6. The molecule has 2 aromatic carbocycles. The lowest BCUT2D eigenvalue weighted by atomic mass is 10.2. The highest BCUT2D eigenvalue weighted by Crippen LogP contribution is 2.25. The molecular formula is C16H13N6O3+. The minimum absolute atomic E-state index is 0.0869. The lowest BCUT2D eigenvalue weighted by Gasteiger charge is -2.03. The van der Waals surface area contributed by atoms with Gasteiger partial charge in [-0.1, -0.05) is 17.2 Å². The molecule has 0 radical (unpaired) electrons. The first kappa shape index (κ1) is 14.8. The smallest absolute Gasteiger partial charge is 0.339 e. The Morgan fingerprint density at radius 3 is 2.60 bits per heavy atom. The average Bonchev–Trinajstić information content (AvgIpc) is 2.98. The third kappa shape index (κ3) is 2.58. The van der Waals surface area contributed by atoms with E-state index in [9.17, 15) is 9.59 Å². The summed E-state index contributed by atoms with van der Waals surface area (Å²) in [6, 6.07) is 12.2. The number of fused-ring (bicyclic) bond motifs is 2. The van der Waals surface area contributed by atoms with Crippen LogP contribution in [0, 0.1) is 0 Å². The van der Waals surface area contributed by atoms with Crippen molar-refractivity contribution in [1.82, 2.24) is 15.0 Å². The van der Waals surface area contributed by atoms with Crippen LogP contribution in [0.25, 0.3) is 21.9 Å². The number of nitrogens with zero attached hydrogens (tertiary/aromatic N) is 1. The fourth-order valence-electron chi connectivity index (χ4n) is 2.65. The van der Waals surface area contributed by atoms with Crippen molar-refractivity contribution < 1.29 is 9.95 Å². The highest BCUT2D eigenvalue weighted by molar-refractivity contribution is 5.88. The van der Waals surface area contributed by atoms with Gasteiger partial charge in [0, 0.05) is 0 Å². The third-order valence-corrected chi connectivity index (χ3v) is 3.79. The molecule has 124 valence electrons. The summed E-state index contributed by atoms with van der Waals surface area (Å²) in [7, 11) is 0. The quantitative estimate of drug-likeness (QED) is 0.273. The molecule has 0 saturated carbocycles. The van der Waals surface area contributed by atoms with Crippen molar-refractivity contribution in [2.24, 2.45) is 11.0 Å². The van der Waals surface area contributed by atoms with Crippen LogP contribution in [0.15, 0.2) is 57.2 Å². The number of hydrogen-bond acceptors (Lipinski definition) is 5. The number of rotatable bonds is 3. The number of H-pyrrole nitrogens is 3. The van der Waals surface area contributed by atoms with E-state index in [4.69, 9.17) is 10.7 Å². The van der Waals surface area contributed by atoms with Crippen LogP contribution in [0.3, 0.4) is 0 Å². The van der Waals surface area contributed by atoms with E-state index in [0.717, 1.165) is 0 Å². The molecule has 9 heteroatoms. The summed E-state index contributed by atoms with van der Waals surface area (Å²) in [4.78, 5) is 36.5. The van der Waals surface area contributed by atoms with Gasteiger partial charge < -0.3 is 19.8 Å². The SMILES string of the molecule is NOc1c([NH+]=Nc2ccc3[nH]c(=O)[nH]c3c2)c(=O)[nH]c2ccccc12. The van der Waals surface area contributed by atoms with E-state index in [0.29, 0.717) is 27.6 Å². The third-order valence-electron chi connectivity index (χ3n) is 3.79. The Balaban J connectivity index is 1.83. The second-order valence-electron chi connectivity index (χ2n) is 5.35. The zero-order chi connectivity index (χ0) is 17.4. The van der Waals surface area contributed by atoms with Crippen LogP contribution in [0.4, 0.5) is 11.4 Å². The van der Waals surface area contributed by atoms with Crippen molar-refractivity contribution in [3.8, 4) is 5.75 Å². The summed E-state index contributed by atoms with van der Waals surface area (Å²) in [5.41, 5.74) is 1.75. The summed E-state index contributed by atoms with van der Waals surface area (Å²) in [5, 5.41) is 7.50. The molecule has 6 N–H and O–H groups in total. The number of pyridine rings is 1. The predicted octanol–water partition coefficient (Wildman–Crippen LogP) is 0.446. The van der Waals surface area contributed by atoms with Crippen molar-refractivity contribution in [3.05, 3.63) is 63.3 Å². The Labute approximate surface area is 139 Å². The molecule has 0 amide bonds. The van der Waals surface area contributed by atoms with Crippen LogP contribution in [0.5, 0.6) is 5.75 Å². The summed E-state index contributed by atoms with van der Waals surface area (Å²) in [6.07, 6.45) is 0. The van der Waals surface area contributed by atoms with Gasteiger partial charge in [-0.2, -0.15) is 5.90 Å². The van der Waals surface area contributed by atoms with E-state index < -0.39 is 5.56 Å². The maximum atomic E-state index is 12.3. The Hall–Kier alpha value is -3.72. The molecule has 4 aromatic rings. The monoisotopic (exact) mass is 337 g/mol. The van der Waals surface area contributed by atoms with E-state index in [1.807, 2.05) is 0 Å². The molecular weight excluding hydrogens is 324 g/mol. The van der Waals surface area contributed by atoms with Gasteiger partial charge in [-0.15, -0.1) is 0 Å². The Kier molecular flexibility index (Phi) is 3.40. The van der Waals surface area contributed by atoms with Gasteiger partial charge >= 0.3 is 16.9 Å². The second-order valence-corrected chi connectivity index (χ2v) is 5.35. The molecule has 0 spiro atoms.